The highest BCUT2D eigenvalue weighted by molar-refractivity contribution is 5.90. The van der Waals surface area contributed by atoms with Gasteiger partial charge in [0.05, 0.1) is 5.69 Å². The van der Waals surface area contributed by atoms with Crippen molar-refractivity contribution in [2.24, 2.45) is 0 Å². The lowest BCUT2D eigenvalue weighted by Gasteiger charge is -2.10. The summed E-state index contributed by atoms with van der Waals surface area (Å²) in [7, 11) is 0. The molecule has 130 valence electrons. The van der Waals surface area contributed by atoms with E-state index in [0.29, 0.717) is 5.69 Å². The third-order valence-corrected chi connectivity index (χ3v) is 3.67. The normalized spacial score (nSPS) is 13.0. The highest BCUT2D eigenvalue weighted by Crippen LogP contribution is 2.19. The number of anilines is 2. The van der Waals surface area contributed by atoms with Gasteiger partial charge in [0.2, 0.25) is 0 Å². The Balaban J connectivity index is 1.50. The van der Waals surface area contributed by atoms with Crippen molar-refractivity contribution >= 4 is 23.4 Å². The fourth-order valence-electron chi connectivity index (χ4n) is 2.25. The van der Waals surface area contributed by atoms with Crippen molar-refractivity contribution in [3.05, 3.63) is 59.9 Å². The molecule has 0 unspecified atom stereocenters. The molecular formula is C18H19FN4O2. The number of benzene rings is 2. The van der Waals surface area contributed by atoms with Gasteiger partial charge in [0.25, 0.3) is 0 Å². The maximum absolute atomic E-state index is 13.5. The third-order valence-electron chi connectivity index (χ3n) is 3.67. The third kappa shape index (κ3) is 5.20. The van der Waals surface area contributed by atoms with Crippen LogP contribution in [0.5, 0.6) is 0 Å². The van der Waals surface area contributed by atoms with Gasteiger partial charge in [-0.05, 0) is 42.7 Å². The second kappa shape index (κ2) is 7.65. The van der Waals surface area contributed by atoms with Crippen LogP contribution in [0.2, 0.25) is 0 Å². The minimum atomic E-state index is -0.505. The number of hydrogen-bond donors (Lipinski definition) is 4. The molecule has 1 aliphatic carbocycles. The van der Waals surface area contributed by atoms with Crippen molar-refractivity contribution in [1.82, 2.24) is 10.6 Å². The monoisotopic (exact) mass is 342 g/mol. The lowest BCUT2D eigenvalue weighted by Crippen LogP contribution is -2.30. The predicted molar refractivity (Wildman–Crippen MR) is 93.9 cm³/mol. The van der Waals surface area contributed by atoms with E-state index in [9.17, 15) is 14.0 Å². The highest BCUT2D eigenvalue weighted by Gasteiger charge is 2.23. The second-order valence-corrected chi connectivity index (χ2v) is 5.86. The summed E-state index contributed by atoms with van der Waals surface area (Å²) in [5, 5.41) is 10.7. The molecule has 25 heavy (non-hydrogen) atoms. The Morgan fingerprint density at radius 2 is 1.80 bits per heavy atom. The van der Waals surface area contributed by atoms with E-state index in [-0.39, 0.29) is 24.3 Å². The molecule has 1 aliphatic rings. The van der Waals surface area contributed by atoms with Crippen molar-refractivity contribution < 1.29 is 14.0 Å². The maximum atomic E-state index is 13.5. The minimum absolute atomic E-state index is 0.118. The Kier molecular flexibility index (Phi) is 5.13. The Labute approximate surface area is 144 Å². The zero-order valence-electron chi connectivity index (χ0n) is 13.5. The number of rotatable bonds is 5. The lowest BCUT2D eigenvalue weighted by atomic mass is 10.2. The van der Waals surface area contributed by atoms with Gasteiger partial charge < -0.3 is 21.3 Å². The van der Waals surface area contributed by atoms with Gasteiger partial charge in [-0.2, -0.15) is 0 Å². The molecule has 3 rings (SSSR count). The second-order valence-electron chi connectivity index (χ2n) is 5.86. The molecule has 0 aromatic heterocycles. The number of hydrogen-bond acceptors (Lipinski definition) is 2. The topological polar surface area (TPSA) is 82.3 Å². The van der Waals surface area contributed by atoms with Crippen molar-refractivity contribution in [2.45, 2.75) is 25.4 Å². The summed E-state index contributed by atoms with van der Waals surface area (Å²) in [6.07, 6.45) is 2.04. The van der Waals surface area contributed by atoms with Crippen LogP contribution < -0.4 is 21.3 Å². The maximum Gasteiger partial charge on any atom is 0.319 e. The van der Waals surface area contributed by atoms with Gasteiger partial charge in [0.15, 0.2) is 0 Å². The van der Waals surface area contributed by atoms with Gasteiger partial charge >= 0.3 is 12.1 Å². The molecule has 4 amide bonds. The number of urea groups is 2. The van der Waals surface area contributed by atoms with Gasteiger partial charge in [-0.3, -0.25) is 0 Å². The molecular weight excluding hydrogens is 323 g/mol. The first-order valence-electron chi connectivity index (χ1n) is 8.06. The molecule has 4 N–H and O–H groups in total. The molecule has 1 saturated carbocycles. The Morgan fingerprint density at radius 3 is 2.56 bits per heavy atom. The van der Waals surface area contributed by atoms with E-state index in [0.717, 1.165) is 18.4 Å². The molecule has 0 saturated heterocycles. The summed E-state index contributed by atoms with van der Waals surface area (Å²) in [5.74, 6) is -0.495. The average molecular weight is 342 g/mol. The van der Waals surface area contributed by atoms with Crippen LogP contribution in [0, 0.1) is 5.82 Å². The van der Waals surface area contributed by atoms with Crippen LogP contribution in [0.3, 0.4) is 0 Å². The smallest absolute Gasteiger partial charge is 0.319 e. The number of carbonyl (C=O) groups is 2. The van der Waals surface area contributed by atoms with Crippen LogP contribution in [-0.4, -0.2) is 18.1 Å². The summed E-state index contributed by atoms with van der Waals surface area (Å²) >= 11 is 0. The predicted octanol–water partition coefficient (Wildman–Crippen LogP) is 3.43. The van der Waals surface area contributed by atoms with Crippen molar-refractivity contribution in [3.63, 3.8) is 0 Å². The summed E-state index contributed by atoms with van der Waals surface area (Å²) in [6.45, 7) is 0.250. The van der Waals surface area contributed by atoms with Gasteiger partial charge in [0.1, 0.15) is 5.82 Å². The minimum Gasteiger partial charge on any atom is -0.335 e. The molecule has 0 atom stereocenters. The Hall–Kier alpha value is -3.09. The first-order valence-corrected chi connectivity index (χ1v) is 8.06. The van der Waals surface area contributed by atoms with Gasteiger partial charge in [-0.1, -0.05) is 24.3 Å². The fraction of sp³-hybridized carbons (Fsp3) is 0.222. The van der Waals surface area contributed by atoms with E-state index < -0.39 is 11.8 Å². The van der Waals surface area contributed by atoms with Crippen molar-refractivity contribution in [3.8, 4) is 0 Å². The first kappa shape index (κ1) is 16.8. The number of para-hydroxylation sites is 1. The summed E-state index contributed by atoms with van der Waals surface area (Å²) < 4.78 is 13.5. The van der Waals surface area contributed by atoms with Gasteiger partial charge in [-0.15, -0.1) is 0 Å². The van der Waals surface area contributed by atoms with Crippen LogP contribution in [0.25, 0.3) is 0 Å². The van der Waals surface area contributed by atoms with Crippen LogP contribution in [0.15, 0.2) is 48.5 Å². The van der Waals surface area contributed by atoms with Crippen molar-refractivity contribution in [2.75, 3.05) is 10.6 Å². The van der Waals surface area contributed by atoms with Crippen molar-refractivity contribution in [1.29, 1.82) is 0 Å². The van der Waals surface area contributed by atoms with Gasteiger partial charge in [-0.25, -0.2) is 14.0 Å². The van der Waals surface area contributed by atoms with E-state index in [4.69, 9.17) is 0 Å². The molecule has 0 bridgehead atoms. The molecule has 0 spiro atoms. The van der Waals surface area contributed by atoms with Crippen LogP contribution in [0.4, 0.5) is 25.4 Å². The van der Waals surface area contributed by atoms with E-state index in [1.165, 1.54) is 12.1 Å². The summed E-state index contributed by atoms with van der Waals surface area (Å²) in [6, 6.07) is 12.7. The van der Waals surface area contributed by atoms with Crippen LogP contribution in [-0.2, 0) is 6.54 Å². The van der Waals surface area contributed by atoms with E-state index in [1.807, 2.05) is 6.07 Å². The zero-order chi connectivity index (χ0) is 17.6. The molecule has 6 nitrogen and oxygen atoms in total. The molecule has 7 heteroatoms. The Morgan fingerprint density at radius 1 is 1.00 bits per heavy atom. The number of carbonyl (C=O) groups excluding carboxylic acids is 2. The molecule has 0 heterocycles. The van der Waals surface area contributed by atoms with E-state index in [1.54, 1.807) is 30.3 Å². The largest absolute Gasteiger partial charge is 0.335 e. The number of nitrogens with one attached hydrogen (secondary N) is 4. The zero-order valence-corrected chi connectivity index (χ0v) is 13.5. The average Bonchev–Trinajstić information content (AvgIpc) is 3.39. The summed E-state index contributed by atoms with van der Waals surface area (Å²) in [4.78, 5) is 23.6. The first-order chi connectivity index (χ1) is 12.1. The number of amides is 4. The number of halogens is 1. The SMILES string of the molecule is O=C(NCc1cccc(NC(=O)NC2CC2)c1)Nc1ccccc1F. The molecule has 2 aromatic carbocycles. The molecule has 1 fully saturated rings. The van der Waals surface area contributed by atoms with E-state index in [2.05, 4.69) is 21.3 Å². The van der Waals surface area contributed by atoms with Crippen LogP contribution in [0.1, 0.15) is 18.4 Å². The quantitative estimate of drug-likeness (QED) is 0.671. The highest BCUT2D eigenvalue weighted by atomic mass is 19.1. The fourth-order valence-corrected chi connectivity index (χ4v) is 2.25. The van der Waals surface area contributed by atoms with Gasteiger partial charge in [0, 0.05) is 18.3 Å². The Bertz CT molecular complexity index is 777. The standard InChI is InChI=1S/C18H19FN4O2/c19-15-6-1-2-7-16(15)23-17(24)20-11-12-4-3-5-14(10-12)22-18(25)21-13-8-9-13/h1-7,10,13H,8-9,11H2,(H2,20,23,24)(H2,21,22,25). The molecule has 0 aliphatic heterocycles. The summed E-state index contributed by atoms with van der Waals surface area (Å²) in [5.41, 5.74) is 1.58. The van der Waals surface area contributed by atoms with E-state index >= 15 is 0 Å². The van der Waals surface area contributed by atoms with Crippen LogP contribution >= 0.6 is 0 Å². The molecule has 0 radical (unpaired) electrons. The molecule has 2 aromatic rings. The lowest BCUT2D eigenvalue weighted by molar-refractivity contribution is 0.250.